The van der Waals surface area contributed by atoms with Crippen molar-refractivity contribution in [1.82, 2.24) is 15.3 Å². The van der Waals surface area contributed by atoms with Gasteiger partial charge in [0.05, 0.1) is 5.52 Å². The number of rotatable bonds is 5. The van der Waals surface area contributed by atoms with Crippen molar-refractivity contribution in [3.05, 3.63) is 53.7 Å². The first-order valence-corrected chi connectivity index (χ1v) is 8.35. The number of nitrogens with one attached hydrogen (secondary N) is 1. The van der Waals surface area contributed by atoms with E-state index >= 15 is 0 Å². The van der Waals surface area contributed by atoms with Gasteiger partial charge in [0.1, 0.15) is 10.9 Å². The summed E-state index contributed by atoms with van der Waals surface area (Å²) in [5, 5.41) is 4.00. The summed E-state index contributed by atoms with van der Waals surface area (Å²) in [5.41, 5.74) is 1.55. The van der Waals surface area contributed by atoms with Crippen LogP contribution in [0.4, 0.5) is 0 Å². The van der Waals surface area contributed by atoms with E-state index in [1.807, 2.05) is 50.2 Å². The summed E-state index contributed by atoms with van der Waals surface area (Å²) in [4.78, 5) is 20.6. The van der Waals surface area contributed by atoms with E-state index in [4.69, 9.17) is 16.3 Å². The van der Waals surface area contributed by atoms with Gasteiger partial charge in [0.25, 0.3) is 5.91 Å². The molecule has 0 saturated carbocycles. The summed E-state index contributed by atoms with van der Waals surface area (Å²) >= 11 is 6.27. The van der Waals surface area contributed by atoms with Crippen LogP contribution in [0.5, 0.6) is 5.75 Å². The number of halogens is 1. The third kappa shape index (κ3) is 4.25. The zero-order valence-corrected chi connectivity index (χ0v) is 14.7. The Balaban J connectivity index is 1.83. The molecule has 1 N–H and O–H groups in total. The van der Waals surface area contributed by atoms with Gasteiger partial charge in [-0.1, -0.05) is 35.9 Å². The van der Waals surface area contributed by atoms with Crippen LogP contribution in [0.2, 0.25) is 5.15 Å². The highest BCUT2D eigenvalue weighted by molar-refractivity contribution is 6.34. The first-order chi connectivity index (χ1) is 12.0. The minimum absolute atomic E-state index is 0.0407. The van der Waals surface area contributed by atoms with Crippen molar-refractivity contribution in [1.29, 1.82) is 0 Å². The van der Waals surface area contributed by atoms with Gasteiger partial charge in [-0.3, -0.25) is 4.79 Å². The summed E-state index contributed by atoms with van der Waals surface area (Å²) in [6, 6.07) is 14.9. The molecule has 25 heavy (non-hydrogen) atoms. The fourth-order valence-corrected chi connectivity index (χ4v) is 2.64. The number of para-hydroxylation sites is 1. The van der Waals surface area contributed by atoms with Crippen molar-refractivity contribution in [3.8, 4) is 17.1 Å². The molecule has 5 nitrogen and oxygen atoms in total. The lowest BCUT2D eigenvalue weighted by atomic mass is 10.2. The van der Waals surface area contributed by atoms with E-state index in [9.17, 15) is 4.79 Å². The molecule has 0 bridgehead atoms. The van der Waals surface area contributed by atoms with Gasteiger partial charge in [-0.25, -0.2) is 9.97 Å². The first kappa shape index (κ1) is 17.2. The molecule has 0 atom stereocenters. The number of fused-ring (bicyclic) bond motifs is 1. The Bertz CT molecular complexity index is 912. The number of benzene rings is 2. The molecular weight excluding hydrogens is 338 g/mol. The van der Waals surface area contributed by atoms with Crippen molar-refractivity contribution in [2.45, 2.75) is 19.9 Å². The van der Waals surface area contributed by atoms with Crippen molar-refractivity contribution in [2.24, 2.45) is 0 Å². The number of hydrogen-bond acceptors (Lipinski definition) is 4. The average Bonchev–Trinajstić information content (AvgIpc) is 2.60. The van der Waals surface area contributed by atoms with Gasteiger partial charge >= 0.3 is 0 Å². The smallest absolute Gasteiger partial charge is 0.258 e. The Morgan fingerprint density at radius 3 is 2.76 bits per heavy atom. The molecule has 0 aliphatic carbocycles. The normalized spacial score (nSPS) is 10.9. The number of nitrogens with zero attached hydrogens (tertiary/aromatic N) is 2. The van der Waals surface area contributed by atoms with Gasteiger partial charge in [0, 0.05) is 17.0 Å². The van der Waals surface area contributed by atoms with Crippen LogP contribution in [0, 0.1) is 0 Å². The summed E-state index contributed by atoms with van der Waals surface area (Å²) in [6.07, 6.45) is 0. The maximum absolute atomic E-state index is 11.7. The standard InChI is InChI=1S/C19H18ClN3O2/c1-12(2)21-17(24)11-25-14-7-5-6-13(10-14)19-22-16-9-4-3-8-15(16)18(20)23-19/h3-10,12H,11H2,1-2H3,(H,21,24). The second kappa shape index (κ2) is 7.49. The van der Waals surface area contributed by atoms with Crippen LogP contribution in [0.25, 0.3) is 22.3 Å². The fourth-order valence-electron chi connectivity index (χ4n) is 2.40. The minimum Gasteiger partial charge on any atom is -0.484 e. The lowest BCUT2D eigenvalue weighted by Crippen LogP contribution is -2.34. The molecule has 0 spiro atoms. The Labute approximate surface area is 151 Å². The van der Waals surface area contributed by atoms with E-state index in [1.54, 1.807) is 12.1 Å². The van der Waals surface area contributed by atoms with Crippen LogP contribution in [0.15, 0.2) is 48.5 Å². The number of carbonyl (C=O) groups is 1. The second-order valence-electron chi connectivity index (χ2n) is 5.89. The van der Waals surface area contributed by atoms with Crippen molar-refractivity contribution in [3.63, 3.8) is 0 Å². The fraction of sp³-hybridized carbons (Fsp3) is 0.211. The monoisotopic (exact) mass is 355 g/mol. The van der Waals surface area contributed by atoms with E-state index in [-0.39, 0.29) is 18.6 Å². The third-order valence-electron chi connectivity index (χ3n) is 3.47. The SMILES string of the molecule is CC(C)NC(=O)COc1cccc(-c2nc(Cl)c3ccccc3n2)c1. The molecule has 0 aliphatic heterocycles. The predicted octanol–water partition coefficient (Wildman–Crippen LogP) is 3.85. The van der Waals surface area contributed by atoms with E-state index in [0.717, 1.165) is 16.5 Å². The molecule has 3 aromatic rings. The van der Waals surface area contributed by atoms with Crippen molar-refractivity contribution in [2.75, 3.05) is 6.61 Å². The molecule has 0 radical (unpaired) electrons. The minimum atomic E-state index is -0.162. The Morgan fingerprint density at radius 1 is 1.16 bits per heavy atom. The Hall–Kier alpha value is -2.66. The van der Waals surface area contributed by atoms with Crippen LogP contribution in [-0.4, -0.2) is 28.5 Å². The molecule has 1 heterocycles. The van der Waals surface area contributed by atoms with Gasteiger partial charge in [-0.15, -0.1) is 0 Å². The molecule has 1 amide bonds. The highest BCUT2D eigenvalue weighted by Gasteiger charge is 2.09. The summed E-state index contributed by atoms with van der Waals surface area (Å²) in [7, 11) is 0. The number of carbonyl (C=O) groups excluding carboxylic acids is 1. The van der Waals surface area contributed by atoms with Crippen molar-refractivity contribution < 1.29 is 9.53 Å². The molecule has 0 saturated heterocycles. The molecule has 0 unspecified atom stereocenters. The lowest BCUT2D eigenvalue weighted by Gasteiger charge is -2.10. The molecular formula is C19H18ClN3O2. The second-order valence-corrected chi connectivity index (χ2v) is 6.25. The molecule has 0 aliphatic rings. The number of hydrogen-bond donors (Lipinski definition) is 1. The zero-order chi connectivity index (χ0) is 17.8. The topological polar surface area (TPSA) is 64.1 Å². The molecule has 2 aromatic carbocycles. The Morgan fingerprint density at radius 2 is 1.96 bits per heavy atom. The van der Waals surface area contributed by atoms with E-state index in [1.165, 1.54) is 0 Å². The first-order valence-electron chi connectivity index (χ1n) is 7.98. The zero-order valence-electron chi connectivity index (χ0n) is 14.0. The maximum atomic E-state index is 11.7. The highest BCUT2D eigenvalue weighted by Crippen LogP contribution is 2.26. The number of aromatic nitrogens is 2. The van der Waals surface area contributed by atoms with Crippen LogP contribution in [0.1, 0.15) is 13.8 Å². The predicted molar refractivity (Wildman–Crippen MR) is 98.8 cm³/mol. The number of amides is 1. The number of ether oxygens (including phenoxy) is 1. The van der Waals surface area contributed by atoms with Gasteiger partial charge in [-0.05, 0) is 38.1 Å². The summed E-state index contributed by atoms with van der Waals surface area (Å²) in [6.45, 7) is 3.76. The lowest BCUT2D eigenvalue weighted by molar-refractivity contribution is -0.123. The van der Waals surface area contributed by atoms with E-state index in [0.29, 0.717) is 16.7 Å². The average molecular weight is 356 g/mol. The summed E-state index contributed by atoms with van der Waals surface area (Å²) < 4.78 is 5.55. The van der Waals surface area contributed by atoms with Gasteiger partial charge in [0.15, 0.2) is 12.4 Å². The molecule has 6 heteroatoms. The van der Waals surface area contributed by atoms with Gasteiger partial charge in [-0.2, -0.15) is 0 Å². The van der Waals surface area contributed by atoms with Gasteiger partial charge < -0.3 is 10.1 Å². The molecule has 1 aromatic heterocycles. The van der Waals surface area contributed by atoms with Crippen molar-refractivity contribution >= 4 is 28.4 Å². The quantitative estimate of drug-likeness (QED) is 0.706. The molecule has 0 fully saturated rings. The molecule has 128 valence electrons. The van der Waals surface area contributed by atoms with E-state index < -0.39 is 0 Å². The molecule has 3 rings (SSSR count). The van der Waals surface area contributed by atoms with E-state index in [2.05, 4.69) is 15.3 Å². The largest absolute Gasteiger partial charge is 0.484 e. The maximum Gasteiger partial charge on any atom is 0.258 e. The van der Waals surface area contributed by atoms with Crippen LogP contribution < -0.4 is 10.1 Å². The van der Waals surface area contributed by atoms with Crippen LogP contribution in [0.3, 0.4) is 0 Å². The van der Waals surface area contributed by atoms with Crippen LogP contribution >= 0.6 is 11.6 Å². The highest BCUT2D eigenvalue weighted by atomic mass is 35.5. The van der Waals surface area contributed by atoms with Gasteiger partial charge in [0.2, 0.25) is 0 Å². The third-order valence-corrected chi connectivity index (χ3v) is 3.76. The van der Waals surface area contributed by atoms with Crippen LogP contribution in [-0.2, 0) is 4.79 Å². The summed E-state index contributed by atoms with van der Waals surface area (Å²) in [5.74, 6) is 0.926. The Kier molecular flexibility index (Phi) is 5.14.